The Labute approximate surface area is 133 Å². The lowest BCUT2D eigenvalue weighted by Gasteiger charge is -2.08. The third kappa shape index (κ3) is 3.50. The van der Waals surface area contributed by atoms with E-state index in [1.54, 1.807) is 6.07 Å². The lowest BCUT2D eigenvalue weighted by molar-refractivity contribution is -0.385. The molecule has 3 N–H and O–H groups in total. The molecule has 8 heteroatoms. The number of carbonyl (C=O) groups is 1. The van der Waals surface area contributed by atoms with Gasteiger partial charge in [0.2, 0.25) is 0 Å². The smallest absolute Gasteiger partial charge is 0.283 e. The third-order valence-corrected chi connectivity index (χ3v) is 3.53. The molecule has 2 aromatic rings. The van der Waals surface area contributed by atoms with E-state index in [1.165, 1.54) is 30.3 Å². The number of nitrogens with two attached hydrogens (primary N) is 1. The highest BCUT2D eigenvalue weighted by Crippen LogP contribution is 2.28. The topological polar surface area (TPSA) is 98.3 Å². The first kappa shape index (κ1) is 15.3. The maximum Gasteiger partial charge on any atom is 0.283 e. The largest absolute Gasteiger partial charge is 0.398 e. The van der Waals surface area contributed by atoms with E-state index < -0.39 is 10.8 Å². The summed E-state index contributed by atoms with van der Waals surface area (Å²) in [6.07, 6.45) is 0. The minimum Gasteiger partial charge on any atom is -0.398 e. The number of nitrogens with zero attached hydrogens (tertiary/aromatic N) is 1. The van der Waals surface area contributed by atoms with Crippen LogP contribution in [0.1, 0.15) is 10.4 Å². The van der Waals surface area contributed by atoms with E-state index in [9.17, 15) is 14.9 Å². The Morgan fingerprint density at radius 3 is 2.57 bits per heavy atom. The van der Waals surface area contributed by atoms with Crippen molar-refractivity contribution in [3.05, 3.63) is 61.6 Å². The highest BCUT2D eigenvalue weighted by Gasteiger charge is 2.14. The van der Waals surface area contributed by atoms with Crippen molar-refractivity contribution in [2.45, 2.75) is 0 Å². The molecule has 2 aromatic carbocycles. The highest BCUT2D eigenvalue weighted by molar-refractivity contribution is 9.10. The molecule has 0 aliphatic carbocycles. The van der Waals surface area contributed by atoms with Gasteiger partial charge >= 0.3 is 0 Å². The van der Waals surface area contributed by atoms with Crippen LogP contribution in [0.4, 0.5) is 17.1 Å². The van der Waals surface area contributed by atoms with E-state index in [0.29, 0.717) is 10.7 Å². The minimum atomic E-state index is -0.521. The van der Waals surface area contributed by atoms with Crippen LogP contribution in [0.3, 0.4) is 0 Å². The molecule has 0 saturated heterocycles. The number of nitrogen functional groups attached to an aromatic ring is 1. The van der Waals surface area contributed by atoms with Gasteiger partial charge < -0.3 is 11.1 Å². The number of hydrogen-bond acceptors (Lipinski definition) is 4. The van der Waals surface area contributed by atoms with Crippen LogP contribution < -0.4 is 11.1 Å². The molecule has 0 radical (unpaired) electrons. The van der Waals surface area contributed by atoms with Crippen molar-refractivity contribution in [1.29, 1.82) is 0 Å². The van der Waals surface area contributed by atoms with Gasteiger partial charge in [0, 0.05) is 22.5 Å². The zero-order valence-corrected chi connectivity index (χ0v) is 12.8. The fraction of sp³-hybridized carbons (Fsp3) is 0. The molecule has 0 spiro atoms. The van der Waals surface area contributed by atoms with Crippen molar-refractivity contribution in [3.63, 3.8) is 0 Å². The number of nitrogens with one attached hydrogen (secondary N) is 1. The van der Waals surface area contributed by atoms with Gasteiger partial charge in [-0.15, -0.1) is 0 Å². The Balaban J connectivity index is 2.23. The quantitative estimate of drug-likeness (QED) is 0.487. The normalized spacial score (nSPS) is 10.2. The fourth-order valence-electron chi connectivity index (χ4n) is 1.67. The van der Waals surface area contributed by atoms with Gasteiger partial charge in [-0.3, -0.25) is 14.9 Å². The summed E-state index contributed by atoms with van der Waals surface area (Å²) < 4.78 is 0.273. The Bertz CT molecular complexity index is 737. The van der Waals surface area contributed by atoms with E-state index in [4.69, 9.17) is 17.3 Å². The molecule has 0 heterocycles. The van der Waals surface area contributed by atoms with Crippen molar-refractivity contribution < 1.29 is 9.72 Å². The summed E-state index contributed by atoms with van der Waals surface area (Å²) in [7, 11) is 0. The molecule has 0 aliphatic rings. The van der Waals surface area contributed by atoms with E-state index in [1.807, 2.05) is 0 Å². The summed E-state index contributed by atoms with van der Waals surface area (Å²) >= 11 is 8.85. The standard InChI is InChI=1S/C13H9BrClN3O3/c14-10-6-8(2-4-12(10)18(20)21)17-13(19)9-3-1-7(15)5-11(9)16/h1-6H,16H2,(H,17,19). The van der Waals surface area contributed by atoms with Gasteiger partial charge in [0.1, 0.15) is 0 Å². The van der Waals surface area contributed by atoms with Crippen LogP contribution in [0, 0.1) is 10.1 Å². The molecule has 2 rings (SSSR count). The molecule has 0 unspecified atom stereocenters. The van der Waals surface area contributed by atoms with Gasteiger partial charge in [0.05, 0.1) is 15.0 Å². The van der Waals surface area contributed by atoms with Crippen LogP contribution in [-0.4, -0.2) is 10.8 Å². The summed E-state index contributed by atoms with van der Waals surface area (Å²) in [6, 6.07) is 8.72. The average molecular weight is 371 g/mol. The first-order valence-electron chi connectivity index (χ1n) is 5.69. The first-order chi connectivity index (χ1) is 9.88. The van der Waals surface area contributed by atoms with Crippen molar-refractivity contribution in [3.8, 4) is 0 Å². The number of hydrogen-bond donors (Lipinski definition) is 2. The van der Waals surface area contributed by atoms with Gasteiger partial charge in [-0.2, -0.15) is 0 Å². The van der Waals surface area contributed by atoms with Crippen LogP contribution in [0.2, 0.25) is 5.02 Å². The number of nitro groups is 1. The molecule has 0 aromatic heterocycles. The molecule has 6 nitrogen and oxygen atoms in total. The van der Waals surface area contributed by atoms with Crippen molar-refractivity contribution in [2.24, 2.45) is 0 Å². The van der Waals surface area contributed by atoms with Crippen molar-refractivity contribution >= 4 is 50.5 Å². The van der Waals surface area contributed by atoms with Gasteiger partial charge in [0.15, 0.2) is 0 Å². The molecule has 0 saturated carbocycles. The van der Waals surface area contributed by atoms with Gasteiger partial charge in [-0.05, 0) is 46.3 Å². The van der Waals surface area contributed by atoms with E-state index in [0.717, 1.165) is 0 Å². The van der Waals surface area contributed by atoms with Gasteiger partial charge in [0.25, 0.3) is 11.6 Å². The van der Waals surface area contributed by atoms with Crippen LogP contribution in [0.15, 0.2) is 40.9 Å². The summed E-state index contributed by atoms with van der Waals surface area (Å²) in [5.41, 5.74) is 6.57. The molecular formula is C13H9BrClN3O3. The number of amides is 1. The number of benzene rings is 2. The number of rotatable bonds is 3. The van der Waals surface area contributed by atoms with Gasteiger partial charge in [-0.25, -0.2) is 0 Å². The first-order valence-corrected chi connectivity index (χ1v) is 6.86. The molecule has 0 atom stereocenters. The lowest BCUT2D eigenvalue weighted by atomic mass is 10.1. The molecule has 1 amide bonds. The predicted octanol–water partition coefficient (Wildman–Crippen LogP) is 3.85. The van der Waals surface area contributed by atoms with Crippen LogP contribution >= 0.6 is 27.5 Å². The molecule has 108 valence electrons. The Kier molecular flexibility index (Phi) is 4.44. The van der Waals surface area contributed by atoms with E-state index in [-0.39, 0.29) is 21.4 Å². The van der Waals surface area contributed by atoms with Crippen LogP contribution in [0.25, 0.3) is 0 Å². The maximum atomic E-state index is 12.1. The van der Waals surface area contributed by atoms with Crippen LogP contribution in [-0.2, 0) is 0 Å². The van der Waals surface area contributed by atoms with Gasteiger partial charge in [-0.1, -0.05) is 11.6 Å². The molecule has 0 bridgehead atoms. The lowest BCUT2D eigenvalue weighted by Crippen LogP contribution is -2.14. The summed E-state index contributed by atoms with van der Waals surface area (Å²) in [4.78, 5) is 22.3. The van der Waals surface area contributed by atoms with E-state index in [2.05, 4.69) is 21.2 Å². The number of anilines is 2. The third-order valence-electron chi connectivity index (χ3n) is 2.66. The predicted molar refractivity (Wildman–Crippen MR) is 84.6 cm³/mol. The van der Waals surface area contributed by atoms with Crippen molar-refractivity contribution in [2.75, 3.05) is 11.1 Å². The minimum absolute atomic E-state index is 0.0843. The van der Waals surface area contributed by atoms with E-state index >= 15 is 0 Å². The number of halogens is 2. The SMILES string of the molecule is Nc1cc(Cl)ccc1C(=O)Nc1ccc([N+](=O)[O-])c(Br)c1. The second-order valence-corrected chi connectivity index (χ2v) is 5.40. The number of nitro benzene ring substituents is 1. The summed E-state index contributed by atoms with van der Waals surface area (Å²) in [6.45, 7) is 0. The summed E-state index contributed by atoms with van der Waals surface area (Å²) in [5.74, 6) is -0.426. The monoisotopic (exact) mass is 369 g/mol. The maximum absolute atomic E-state index is 12.1. The van der Waals surface area contributed by atoms with Crippen LogP contribution in [0.5, 0.6) is 0 Å². The fourth-order valence-corrected chi connectivity index (χ4v) is 2.38. The highest BCUT2D eigenvalue weighted by atomic mass is 79.9. The molecule has 0 fully saturated rings. The molecule has 0 aliphatic heterocycles. The second-order valence-electron chi connectivity index (χ2n) is 4.11. The summed E-state index contributed by atoms with van der Waals surface area (Å²) in [5, 5.41) is 13.8. The Morgan fingerprint density at radius 2 is 2.00 bits per heavy atom. The average Bonchev–Trinajstić information content (AvgIpc) is 2.37. The number of carbonyl (C=O) groups excluding carboxylic acids is 1. The Hall–Kier alpha value is -2.12. The molecule has 21 heavy (non-hydrogen) atoms. The zero-order chi connectivity index (χ0) is 15.6. The molecular weight excluding hydrogens is 362 g/mol. The second kappa shape index (κ2) is 6.11. The zero-order valence-electron chi connectivity index (χ0n) is 10.5. The Morgan fingerprint density at radius 1 is 1.29 bits per heavy atom. The van der Waals surface area contributed by atoms with Crippen molar-refractivity contribution in [1.82, 2.24) is 0 Å².